The first-order chi connectivity index (χ1) is 12.7. The number of ether oxygens (including phenoxy) is 1. The lowest BCUT2D eigenvalue weighted by Gasteiger charge is -2.37. The van der Waals surface area contributed by atoms with Crippen LogP contribution in [0.15, 0.2) is 18.2 Å². The van der Waals surface area contributed by atoms with Gasteiger partial charge in [0, 0.05) is 6.07 Å². The Hall–Kier alpha value is -1.12. The molecule has 2 saturated carbocycles. The van der Waals surface area contributed by atoms with Crippen LogP contribution in [0, 0.1) is 35.3 Å². The SMILES string of the molecule is CCCCC1CCC(C2CCC(COc3ccc(F)c(F)c3)CC2)CC1. The molecule has 146 valence electrons. The Morgan fingerprint density at radius 1 is 0.846 bits per heavy atom. The van der Waals surface area contributed by atoms with E-state index in [2.05, 4.69) is 6.92 Å². The summed E-state index contributed by atoms with van der Waals surface area (Å²) in [6.45, 7) is 2.92. The van der Waals surface area contributed by atoms with E-state index in [1.54, 1.807) is 0 Å². The van der Waals surface area contributed by atoms with Crippen molar-refractivity contribution in [3.8, 4) is 5.75 Å². The molecule has 2 aliphatic carbocycles. The summed E-state index contributed by atoms with van der Waals surface area (Å²) in [6, 6.07) is 3.80. The molecule has 0 aromatic heterocycles. The molecular formula is C23H34F2O. The second-order valence-corrected chi connectivity index (χ2v) is 8.59. The molecule has 0 saturated heterocycles. The van der Waals surface area contributed by atoms with Crippen molar-refractivity contribution in [2.24, 2.45) is 23.7 Å². The summed E-state index contributed by atoms with van der Waals surface area (Å²) in [5.41, 5.74) is 0. The van der Waals surface area contributed by atoms with E-state index in [0.29, 0.717) is 18.3 Å². The monoisotopic (exact) mass is 364 g/mol. The molecule has 2 fully saturated rings. The fourth-order valence-corrected chi connectivity index (χ4v) is 5.05. The maximum Gasteiger partial charge on any atom is 0.162 e. The largest absolute Gasteiger partial charge is 0.493 e. The van der Waals surface area contributed by atoms with E-state index < -0.39 is 11.6 Å². The lowest BCUT2D eigenvalue weighted by Crippen LogP contribution is -2.27. The van der Waals surface area contributed by atoms with Crippen LogP contribution in [0.5, 0.6) is 5.75 Å². The van der Waals surface area contributed by atoms with Gasteiger partial charge in [0.25, 0.3) is 0 Å². The number of hydrogen-bond acceptors (Lipinski definition) is 1. The highest BCUT2D eigenvalue weighted by atomic mass is 19.2. The highest BCUT2D eigenvalue weighted by Crippen LogP contribution is 2.42. The maximum absolute atomic E-state index is 13.2. The van der Waals surface area contributed by atoms with Crippen LogP contribution in [0.1, 0.15) is 77.6 Å². The third-order valence-electron chi connectivity index (χ3n) is 6.79. The minimum Gasteiger partial charge on any atom is -0.493 e. The molecule has 1 aromatic carbocycles. The minimum atomic E-state index is -0.833. The van der Waals surface area contributed by atoms with E-state index in [0.717, 1.165) is 29.9 Å². The summed E-state index contributed by atoms with van der Waals surface area (Å²) >= 11 is 0. The van der Waals surface area contributed by atoms with Gasteiger partial charge in [-0.15, -0.1) is 0 Å². The van der Waals surface area contributed by atoms with Gasteiger partial charge in [0.05, 0.1) is 6.61 Å². The van der Waals surface area contributed by atoms with Crippen molar-refractivity contribution in [3.63, 3.8) is 0 Å². The first-order valence-corrected chi connectivity index (χ1v) is 10.7. The van der Waals surface area contributed by atoms with Crippen LogP contribution in [0.4, 0.5) is 8.78 Å². The molecule has 0 heterocycles. The van der Waals surface area contributed by atoms with Crippen molar-refractivity contribution in [1.29, 1.82) is 0 Å². The fourth-order valence-electron chi connectivity index (χ4n) is 5.05. The molecule has 3 heteroatoms. The van der Waals surface area contributed by atoms with Crippen LogP contribution < -0.4 is 4.74 Å². The predicted octanol–water partition coefficient (Wildman–Crippen LogP) is 7.15. The first-order valence-electron chi connectivity index (χ1n) is 10.7. The Morgan fingerprint density at radius 3 is 2.04 bits per heavy atom. The zero-order chi connectivity index (χ0) is 18.4. The fraction of sp³-hybridized carbons (Fsp3) is 0.739. The summed E-state index contributed by atoms with van der Waals surface area (Å²) in [5, 5.41) is 0. The van der Waals surface area contributed by atoms with E-state index in [9.17, 15) is 8.78 Å². The van der Waals surface area contributed by atoms with Gasteiger partial charge in [-0.2, -0.15) is 0 Å². The van der Waals surface area contributed by atoms with E-state index in [1.165, 1.54) is 76.7 Å². The molecule has 0 N–H and O–H groups in total. The Balaban J connectivity index is 1.36. The van der Waals surface area contributed by atoms with Gasteiger partial charge in [-0.25, -0.2) is 8.78 Å². The number of rotatable bonds is 7. The standard InChI is InChI=1S/C23H34F2O/c1-2-3-4-17-5-9-19(10-6-17)20-11-7-18(8-12-20)16-26-21-13-14-22(24)23(25)15-21/h13-15,17-20H,2-12,16H2,1H3. The van der Waals surface area contributed by atoms with Gasteiger partial charge in [-0.1, -0.05) is 39.0 Å². The van der Waals surface area contributed by atoms with E-state index >= 15 is 0 Å². The van der Waals surface area contributed by atoms with E-state index in [4.69, 9.17) is 4.74 Å². The molecule has 3 rings (SSSR count). The van der Waals surface area contributed by atoms with Crippen molar-refractivity contribution < 1.29 is 13.5 Å². The Morgan fingerprint density at radius 2 is 1.46 bits per heavy atom. The minimum absolute atomic E-state index is 0.441. The third kappa shape index (κ3) is 5.44. The normalized spacial score (nSPS) is 29.5. The lowest BCUT2D eigenvalue weighted by molar-refractivity contribution is 0.121. The van der Waals surface area contributed by atoms with Gasteiger partial charge in [0.2, 0.25) is 0 Å². The van der Waals surface area contributed by atoms with Gasteiger partial charge in [-0.05, 0) is 74.3 Å². The molecule has 0 spiro atoms. The highest BCUT2D eigenvalue weighted by molar-refractivity contribution is 5.23. The van der Waals surface area contributed by atoms with Crippen molar-refractivity contribution in [2.45, 2.75) is 77.6 Å². The smallest absolute Gasteiger partial charge is 0.162 e. The number of hydrogen-bond donors (Lipinski definition) is 0. The molecule has 0 atom stereocenters. The molecule has 0 bridgehead atoms. The number of halogens is 2. The van der Waals surface area contributed by atoms with E-state index in [-0.39, 0.29) is 0 Å². The van der Waals surface area contributed by atoms with Crippen molar-refractivity contribution in [1.82, 2.24) is 0 Å². The van der Waals surface area contributed by atoms with Crippen LogP contribution in [-0.4, -0.2) is 6.61 Å². The Labute approximate surface area is 157 Å². The molecule has 2 aliphatic rings. The van der Waals surface area contributed by atoms with Gasteiger partial charge < -0.3 is 4.74 Å². The van der Waals surface area contributed by atoms with Crippen LogP contribution >= 0.6 is 0 Å². The topological polar surface area (TPSA) is 9.23 Å². The second-order valence-electron chi connectivity index (χ2n) is 8.59. The zero-order valence-electron chi connectivity index (χ0n) is 16.2. The lowest BCUT2D eigenvalue weighted by atomic mass is 9.69. The van der Waals surface area contributed by atoms with Gasteiger partial charge in [0.15, 0.2) is 11.6 Å². The zero-order valence-corrected chi connectivity index (χ0v) is 16.2. The third-order valence-corrected chi connectivity index (χ3v) is 6.79. The average molecular weight is 365 g/mol. The molecule has 26 heavy (non-hydrogen) atoms. The quantitative estimate of drug-likeness (QED) is 0.499. The van der Waals surface area contributed by atoms with Gasteiger partial charge >= 0.3 is 0 Å². The van der Waals surface area contributed by atoms with Crippen molar-refractivity contribution in [3.05, 3.63) is 29.8 Å². The predicted molar refractivity (Wildman–Crippen MR) is 102 cm³/mol. The van der Waals surface area contributed by atoms with Crippen LogP contribution in [0.25, 0.3) is 0 Å². The highest BCUT2D eigenvalue weighted by Gasteiger charge is 2.30. The van der Waals surface area contributed by atoms with Crippen LogP contribution in [-0.2, 0) is 0 Å². The van der Waals surface area contributed by atoms with E-state index in [1.807, 2.05) is 0 Å². The molecule has 0 unspecified atom stereocenters. The van der Waals surface area contributed by atoms with Crippen LogP contribution in [0.3, 0.4) is 0 Å². The average Bonchev–Trinajstić information content (AvgIpc) is 2.68. The summed E-state index contributed by atoms with van der Waals surface area (Å²) in [6.07, 6.45) is 15.0. The van der Waals surface area contributed by atoms with Gasteiger partial charge in [-0.3, -0.25) is 0 Å². The first kappa shape index (κ1) is 19.6. The summed E-state index contributed by atoms with van der Waals surface area (Å²) in [5.74, 6) is 2.19. The Bertz CT molecular complexity index is 543. The second kappa shape index (κ2) is 9.71. The summed E-state index contributed by atoms with van der Waals surface area (Å²) in [7, 11) is 0. The van der Waals surface area contributed by atoms with Crippen molar-refractivity contribution in [2.75, 3.05) is 6.61 Å². The molecular weight excluding hydrogens is 330 g/mol. The van der Waals surface area contributed by atoms with Crippen LogP contribution in [0.2, 0.25) is 0 Å². The van der Waals surface area contributed by atoms with Gasteiger partial charge in [0.1, 0.15) is 5.75 Å². The molecule has 0 aliphatic heterocycles. The van der Waals surface area contributed by atoms with Crippen molar-refractivity contribution >= 4 is 0 Å². The number of unbranched alkanes of at least 4 members (excludes halogenated alkanes) is 1. The Kier molecular flexibility index (Phi) is 7.33. The molecule has 1 nitrogen and oxygen atoms in total. The molecule has 1 aromatic rings. The molecule has 0 amide bonds. The molecule has 0 radical (unpaired) electrons. The maximum atomic E-state index is 13.2. The number of benzene rings is 1. The summed E-state index contributed by atoms with van der Waals surface area (Å²) in [4.78, 5) is 0. The summed E-state index contributed by atoms with van der Waals surface area (Å²) < 4.78 is 31.9.